The normalized spacial score (nSPS) is 18.8. The molecule has 2 atom stereocenters. The number of fused-ring (bicyclic) bond motifs is 1. The summed E-state index contributed by atoms with van der Waals surface area (Å²) in [5.41, 5.74) is 3.32. The van der Waals surface area contributed by atoms with Crippen LogP contribution in [0.4, 0.5) is 5.69 Å². The number of hydrogen-bond acceptors (Lipinski definition) is 5. The summed E-state index contributed by atoms with van der Waals surface area (Å²) in [6, 6.07) is 10.4. The maximum Gasteiger partial charge on any atom is 0.265 e. The summed E-state index contributed by atoms with van der Waals surface area (Å²) in [7, 11) is 0. The largest absolute Gasteiger partial charge is 0.481 e. The highest BCUT2D eigenvalue weighted by Gasteiger charge is 2.37. The summed E-state index contributed by atoms with van der Waals surface area (Å²) < 4.78 is 11.3. The predicted octanol–water partition coefficient (Wildman–Crippen LogP) is 3.48. The van der Waals surface area contributed by atoms with Gasteiger partial charge in [0.2, 0.25) is 0 Å². The van der Waals surface area contributed by atoms with Crippen LogP contribution in [0.1, 0.15) is 51.6 Å². The van der Waals surface area contributed by atoms with Crippen molar-refractivity contribution in [2.45, 2.75) is 45.8 Å². The van der Waals surface area contributed by atoms with Gasteiger partial charge < -0.3 is 14.8 Å². The van der Waals surface area contributed by atoms with Gasteiger partial charge in [0.25, 0.3) is 17.7 Å². The molecule has 2 aliphatic heterocycles. The highest BCUT2D eigenvalue weighted by atomic mass is 16.5. The van der Waals surface area contributed by atoms with Gasteiger partial charge in [0.1, 0.15) is 5.75 Å². The molecule has 7 nitrogen and oxygen atoms in total. The van der Waals surface area contributed by atoms with Gasteiger partial charge in [-0.15, -0.1) is 0 Å². The molecular weight excluding hydrogens is 396 g/mol. The second-order valence-corrected chi connectivity index (χ2v) is 8.11. The molecular formula is C24H26N2O5. The number of benzene rings is 2. The third kappa shape index (κ3) is 4.32. The van der Waals surface area contributed by atoms with E-state index in [1.165, 1.54) is 4.90 Å². The van der Waals surface area contributed by atoms with Crippen molar-refractivity contribution >= 4 is 23.4 Å². The Balaban J connectivity index is 1.43. The lowest BCUT2D eigenvalue weighted by Gasteiger charge is -2.17. The molecule has 162 valence electrons. The van der Waals surface area contributed by atoms with Crippen molar-refractivity contribution in [1.82, 2.24) is 4.90 Å². The van der Waals surface area contributed by atoms with Gasteiger partial charge in [-0.05, 0) is 75.1 Å². The summed E-state index contributed by atoms with van der Waals surface area (Å²) in [4.78, 5) is 39.2. The average Bonchev–Trinajstić information content (AvgIpc) is 3.34. The molecule has 31 heavy (non-hydrogen) atoms. The SMILES string of the molecule is Cc1ccc(OC(C)C(=O)Nc2ccc3c(c2)C(=O)N(CC2CCCO2)C3=O)cc1C. The zero-order valence-electron chi connectivity index (χ0n) is 17.9. The fourth-order valence-corrected chi connectivity index (χ4v) is 3.82. The Hall–Kier alpha value is -3.19. The van der Waals surface area contributed by atoms with E-state index in [-0.39, 0.29) is 30.4 Å². The number of amides is 3. The smallest absolute Gasteiger partial charge is 0.265 e. The van der Waals surface area contributed by atoms with Crippen molar-refractivity contribution in [3.05, 3.63) is 58.7 Å². The number of anilines is 1. The minimum absolute atomic E-state index is 0.107. The second-order valence-electron chi connectivity index (χ2n) is 8.11. The van der Waals surface area contributed by atoms with Gasteiger partial charge >= 0.3 is 0 Å². The lowest BCUT2D eigenvalue weighted by molar-refractivity contribution is -0.122. The number of rotatable bonds is 6. The quantitative estimate of drug-likeness (QED) is 0.721. The summed E-state index contributed by atoms with van der Waals surface area (Å²) in [5.74, 6) is -0.401. The standard InChI is InChI=1S/C24H26N2O5/c1-14-6-8-18(11-15(14)2)31-16(3)22(27)25-17-7-9-20-21(12-17)24(29)26(23(20)28)13-19-5-4-10-30-19/h6-9,11-12,16,19H,4-5,10,13H2,1-3H3,(H,25,27). The first-order chi connectivity index (χ1) is 14.8. The number of nitrogens with one attached hydrogen (secondary N) is 1. The van der Waals surface area contributed by atoms with Crippen molar-refractivity contribution in [2.75, 3.05) is 18.5 Å². The van der Waals surface area contributed by atoms with E-state index >= 15 is 0 Å². The van der Waals surface area contributed by atoms with E-state index in [9.17, 15) is 14.4 Å². The lowest BCUT2D eigenvalue weighted by atomic mass is 10.1. The summed E-state index contributed by atoms with van der Waals surface area (Å²) in [5, 5.41) is 2.77. The molecule has 0 radical (unpaired) electrons. The van der Waals surface area contributed by atoms with Crippen LogP contribution in [0.15, 0.2) is 36.4 Å². The minimum Gasteiger partial charge on any atom is -0.481 e. The third-order valence-electron chi connectivity index (χ3n) is 5.81. The van der Waals surface area contributed by atoms with Crippen molar-refractivity contribution in [2.24, 2.45) is 0 Å². The molecule has 3 amide bonds. The molecule has 0 aliphatic carbocycles. The van der Waals surface area contributed by atoms with E-state index < -0.39 is 6.10 Å². The van der Waals surface area contributed by atoms with Crippen LogP contribution < -0.4 is 10.1 Å². The molecule has 7 heteroatoms. The molecule has 2 aliphatic rings. The highest BCUT2D eigenvalue weighted by molar-refractivity contribution is 6.22. The van der Waals surface area contributed by atoms with Gasteiger partial charge in [-0.25, -0.2) is 0 Å². The van der Waals surface area contributed by atoms with Gasteiger partial charge in [-0.3, -0.25) is 19.3 Å². The molecule has 0 spiro atoms. The fourth-order valence-electron chi connectivity index (χ4n) is 3.82. The number of imide groups is 1. The number of carbonyl (C=O) groups excluding carboxylic acids is 3. The number of aryl methyl sites for hydroxylation is 2. The first-order valence-corrected chi connectivity index (χ1v) is 10.5. The second kappa shape index (κ2) is 8.51. The maximum absolute atomic E-state index is 12.8. The Morgan fingerprint density at radius 3 is 2.61 bits per heavy atom. The fraction of sp³-hybridized carbons (Fsp3) is 0.375. The monoisotopic (exact) mass is 422 g/mol. The van der Waals surface area contributed by atoms with Crippen molar-refractivity contribution < 1.29 is 23.9 Å². The van der Waals surface area contributed by atoms with E-state index in [2.05, 4.69) is 5.32 Å². The number of nitrogens with zero attached hydrogens (tertiary/aromatic N) is 1. The Morgan fingerprint density at radius 2 is 1.90 bits per heavy atom. The van der Waals surface area contributed by atoms with Crippen LogP contribution in [0.3, 0.4) is 0 Å². The highest BCUT2D eigenvalue weighted by Crippen LogP contribution is 2.28. The van der Waals surface area contributed by atoms with E-state index in [0.717, 1.165) is 24.0 Å². The van der Waals surface area contributed by atoms with Crippen LogP contribution in [0, 0.1) is 13.8 Å². The number of hydrogen-bond donors (Lipinski definition) is 1. The van der Waals surface area contributed by atoms with E-state index in [0.29, 0.717) is 29.2 Å². The van der Waals surface area contributed by atoms with Gasteiger partial charge in [0, 0.05) is 12.3 Å². The first-order valence-electron chi connectivity index (χ1n) is 10.5. The van der Waals surface area contributed by atoms with E-state index in [1.807, 2.05) is 32.0 Å². The summed E-state index contributed by atoms with van der Waals surface area (Å²) >= 11 is 0. The average molecular weight is 422 g/mol. The Kier molecular flexibility index (Phi) is 5.78. The molecule has 1 saturated heterocycles. The van der Waals surface area contributed by atoms with Crippen molar-refractivity contribution in [3.8, 4) is 5.75 Å². The molecule has 1 fully saturated rings. The lowest BCUT2D eigenvalue weighted by Crippen LogP contribution is -2.36. The minimum atomic E-state index is -0.733. The molecule has 2 unspecified atom stereocenters. The zero-order valence-corrected chi connectivity index (χ0v) is 17.9. The molecule has 0 saturated carbocycles. The molecule has 0 bridgehead atoms. The third-order valence-corrected chi connectivity index (χ3v) is 5.81. The molecule has 0 aromatic heterocycles. The molecule has 2 aromatic rings. The first kappa shape index (κ1) is 21.1. The Labute approximate surface area is 181 Å². The summed E-state index contributed by atoms with van der Waals surface area (Å²) in [6.07, 6.45) is 0.938. The number of ether oxygens (including phenoxy) is 2. The van der Waals surface area contributed by atoms with Crippen molar-refractivity contribution in [3.63, 3.8) is 0 Å². The van der Waals surface area contributed by atoms with Gasteiger partial charge in [0.05, 0.1) is 23.8 Å². The molecule has 2 heterocycles. The van der Waals surface area contributed by atoms with Gasteiger partial charge in [-0.1, -0.05) is 6.07 Å². The van der Waals surface area contributed by atoms with E-state index in [4.69, 9.17) is 9.47 Å². The van der Waals surface area contributed by atoms with Gasteiger partial charge in [-0.2, -0.15) is 0 Å². The molecule has 2 aromatic carbocycles. The summed E-state index contributed by atoms with van der Waals surface area (Å²) in [6.45, 7) is 6.58. The van der Waals surface area contributed by atoms with Crippen LogP contribution in [-0.4, -0.2) is 48.0 Å². The Morgan fingerprint density at radius 1 is 1.13 bits per heavy atom. The maximum atomic E-state index is 12.8. The topological polar surface area (TPSA) is 84.9 Å². The van der Waals surface area contributed by atoms with Crippen LogP contribution in [0.25, 0.3) is 0 Å². The Bertz CT molecular complexity index is 1040. The van der Waals surface area contributed by atoms with Gasteiger partial charge in [0.15, 0.2) is 6.10 Å². The van der Waals surface area contributed by atoms with E-state index in [1.54, 1.807) is 25.1 Å². The number of carbonyl (C=O) groups is 3. The van der Waals surface area contributed by atoms with Crippen LogP contribution in [-0.2, 0) is 9.53 Å². The van der Waals surface area contributed by atoms with Crippen LogP contribution in [0.2, 0.25) is 0 Å². The zero-order chi connectivity index (χ0) is 22.1. The predicted molar refractivity (Wildman–Crippen MR) is 115 cm³/mol. The molecule has 1 N–H and O–H groups in total. The molecule has 4 rings (SSSR count). The van der Waals surface area contributed by atoms with Crippen LogP contribution in [0.5, 0.6) is 5.75 Å². The van der Waals surface area contributed by atoms with Crippen LogP contribution >= 0.6 is 0 Å². The van der Waals surface area contributed by atoms with Crippen molar-refractivity contribution in [1.29, 1.82) is 0 Å².